The minimum absolute atomic E-state index is 0.0588. The van der Waals surface area contributed by atoms with Gasteiger partial charge in [0.1, 0.15) is 16.4 Å². The Labute approximate surface area is 106 Å². The molecule has 1 aliphatic rings. The summed E-state index contributed by atoms with van der Waals surface area (Å²) in [6, 6.07) is 4.33. The lowest BCUT2D eigenvalue weighted by Crippen LogP contribution is -2.30. The van der Waals surface area contributed by atoms with E-state index < -0.39 is 10.0 Å². The second-order valence-corrected chi connectivity index (χ2v) is 5.83. The molecule has 0 heterocycles. The molecule has 7 heteroatoms. The Balaban J connectivity index is 2.35. The lowest BCUT2D eigenvalue weighted by Gasteiger charge is -2.11. The Morgan fingerprint density at radius 3 is 2.50 bits per heavy atom. The summed E-state index contributed by atoms with van der Waals surface area (Å²) in [6.45, 7) is 0. The molecule has 1 aromatic rings. The van der Waals surface area contributed by atoms with Gasteiger partial charge in [-0.2, -0.15) is 0 Å². The van der Waals surface area contributed by atoms with Crippen molar-refractivity contribution in [3.63, 3.8) is 0 Å². The van der Waals surface area contributed by atoms with Crippen molar-refractivity contribution in [1.29, 1.82) is 0 Å². The third-order valence-electron chi connectivity index (χ3n) is 2.81. The summed E-state index contributed by atoms with van der Waals surface area (Å²) < 4.78 is 37.0. The van der Waals surface area contributed by atoms with Crippen molar-refractivity contribution in [2.75, 3.05) is 14.2 Å². The van der Waals surface area contributed by atoms with Crippen LogP contribution in [-0.4, -0.2) is 34.7 Å². The zero-order valence-corrected chi connectivity index (χ0v) is 11.0. The lowest BCUT2D eigenvalue weighted by atomic mass is 10.3. The quantitative estimate of drug-likeness (QED) is 0.792. The monoisotopic (exact) mass is 272 g/mol. The van der Waals surface area contributed by atoms with Gasteiger partial charge in [0.2, 0.25) is 10.0 Å². The maximum absolute atomic E-state index is 12.2. The molecule has 0 aromatic heterocycles. The van der Waals surface area contributed by atoms with Crippen molar-refractivity contribution in [3.8, 4) is 11.5 Å². The lowest BCUT2D eigenvalue weighted by molar-refractivity contribution is 0.392. The second-order valence-electron chi connectivity index (χ2n) is 4.14. The molecule has 1 aromatic carbocycles. The number of ether oxygens (including phenoxy) is 2. The summed E-state index contributed by atoms with van der Waals surface area (Å²) in [5.74, 6) is 0.730. The highest BCUT2D eigenvalue weighted by Gasteiger charge is 2.38. The predicted octanol–water partition coefficient (Wildman–Crippen LogP) is 0.0817. The zero-order chi connectivity index (χ0) is 13.3. The molecule has 0 spiro atoms. The van der Waals surface area contributed by atoms with E-state index in [0.717, 1.165) is 0 Å². The van der Waals surface area contributed by atoms with E-state index in [0.29, 0.717) is 12.2 Å². The first kappa shape index (κ1) is 13.1. The van der Waals surface area contributed by atoms with Crippen LogP contribution < -0.4 is 19.9 Å². The Kier molecular flexibility index (Phi) is 3.47. The molecular formula is C11H16N2O4S. The molecule has 0 bridgehead atoms. The highest BCUT2D eigenvalue weighted by molar-refractivity contribution is 7.89. The Morgan fingerprint density at radius 2 is 2.00 bits per heavy atom. The molecule has 1 aliphatic carbocycles. The van der Waals surface area contributed by atoms with E-state index >= 15 is 0 Å². The minimum Gasteiger partial charge on any atom is -0.497 e. The van der Waals surface area contributed by atoms with Crippen molar-refractivity contribution in [2.24, 2.45) is 5.73 Å². The molecule has 100 valence electrons. The third kappa shape index (κ3) is 2.58. The van der Waals surface area contributed by atoms with E-state index in [9.17, 15) is 8.42 Å². The van der Waals surface area contributed by atoms with E-state index in [-0.39, 0.29) is 22.7 Å². The summed E-state index contributed by atoms with van der Waals surface area (Å²) in [7, 11) is -0.745. The van der Waals surface area contributed by atoms with Gasteiger partial charge in [-0.25, -0.2) is 13.1 Å². The highest BCUT2D eigenvalue weighted by Crippen LogP contribution is 2.30. The first-order chi connectivity index (χ1) is 8.47. The first-order valence-electron chi connectivity index (χ1n) is 5.48. The average Bonchev–Trinajstić information content (AvgIpc) is 3.03. The zero-order valence-electron chi connectivity index (χ0n) is 10.2. The van der Waals surface area contributed by atoms with Crippen LogP contribution in [0.15, 0.2) is 23.1 Å². The molecule has 18 heavy (non-hydrogen) atoms. The molecule has 0 saturated heterocycles. The molecule has 1 fully saturated rings. The fourth-order valence-corrected chi connectivity index (χ4v) is 3.09. The van der Waals surface area contributed by atoms with Crippen molar-refractivity contribution in [1.82, 2.24) is 4.72 Å². The maximum Gasteiger partial charge on any atom is 0.244 e. The average molecular weight is 272 g/mol. The van der Waals surface area contributed by atoms with Crippen LogP contribution in [0.5, 0.6) is 11.5 Å². The summed E-state index contributed by atoms with van der Waals surface area (Å²) in [4.78, 5) is 0.0588. The molecule has 2 atom stereocenters. The van der Waals surface area contributed by atoms with Crippen LogP contribution in [0.2, 0.25) is 0 Å². The van der Waals surface area contributed by atoms with Crippen molar-refractivity contribution in [3.05, 3.63) is 18.2 Å². The summed E-state index contributed by atoms with van der Waals surface area (Å²) >= 11 is 0. The number of nitrogens with two attached hydrogens (primary N) is 1. The molecule has 2 rings (SSSR count). The van der Waals surface area contributed by atoms with Gasteiger partial charge < -0.3 is 15.2 Å². The van der Waals surface area contributed by atoms with Crippen molar-refractivity contribution < 1.29 is 17.9 Å². The molecule has 1 saturated carbocycles. The molecular weight excluding hydrogens is 256 g/mol. The maximum atomic E-state index is 12.2. The second kappa shape index (κ2) is 4.75. The molecule has 0 aliphatic heterocycles. The Morgan fingerprint density at radius 1 is 1.33 bits per heavy atom. The number of hydrogen-bond acceptors (Lipinski definition) is 5. The van der Waals surface area contributed by atoms with Crippen molar-refractivity contribution in [2.45, 2.75) is 23.4 Å². The number of benzene rings is 1. The van der Waals surface area contributed by atoms with E-state index in [4.69, 9.17) is 15.2 Å². The molecule has 0 radical (unpaired) electrons. The Bertz CT molecular complexity index is 544. The smallest absolute Gasteiger partial charge is 0.244 e. The van der Waals surface area contributed by atoms with Crippen molar-refractivity contribution >= 4 is 10.0 Å². The van der Waals surface area contributed by atoms with Gasteiger partial charge in [-0.05, 0) is 18.6 Å². The normalized spacial score (nSPS) is 22.6. The van der Waals surface area contributed by atoms with Crippen LogP contribution in [0.3, 0.4) is 0 Å². The van der Waals surface area contributed by atoms with Crippen LogP contribution in [0.4, 0.5) is 0 Å². The summed E-state index contributed by atoms with van der Waals surface area (Å²) in [5, 5.41) is 0. The fraction of sp³-hybridized carbons (Fsp3) is 0.455. The molecule has 3 N–H and O–H groups in total. The predicted molar refractivity (Wildman–Crippen MR) is 66.2 cm³/mol. The molecule has 2 unspecified atom stereocenters. The van der Waals surface area contributed by atoms with Crippen LogP contribution in [0.25, 0.3) is 0 Å². The van der Waals surface area contributed by atoms with E-state index in [1.54, 1.807) is 12.1 Å². The topological polar surface area (TPSA) is 90.6 Å². The minimum atomic E-state index is -3.64. The number of methoxy groups -OCH3 is 2. The molecule has 0 amide bonds. The van der Waals surface area contributed by atoms with Gasteiger partial charge in [-0.3, -0.25) is 0 Å². The van der Waals surface area contributed by atoms with Gasteiger partial charge in [0, 0.05) is 18.2 Å². The van der Waals surface area contributed by atoms with E-state index in [1.807, 2.05) is 0 Å². The number of hydrogen-bond donors (Lipinski definition) is 2. The van der Waals surface area contributed by atoms with E-state index in [2.05, 4.69) is 4.72 Å². The first-order valence-corrected chi connectivity index (χ1v) is 6.96. The standard InChI is InChI=1S/C11H16N2O4S/c1-16-7-3-4-10(17-2)11(5-7)18(14,15)13-9-6-8(9)12/h3-5,8-9,13H,6,12H2,1-2H3. The number of sulfonamides is 1. The van der Waals surface area contributed by atoms with Gasteiger partial charge in [0.05, 0.1) is 14.2 Å². The third-order valence-corrected chi connectivity index (χ3v) is 4.32. The van der Waals surface area contributed by atoms with Crippen LogP contribution in [0, 0.1) is 0 Å². The summed E-state index contributed by atoms with van der Waals surface area (Å²) in [6.07, 6.45) is 0.658. The van der Waals surface area contributed by atoms with Gasteiger partial charge >= 0.3 is 0 Å². The van der Waals surface area contributed by atoms with E-state index in [1.165, 1.54) is 20.3 Å². The molecule has 6 nitrogen and oxygen atoms in total. The van der Waals surface area contributed by atoms with Gasteiger partial charge in [-0.1, -0.05) is 0 Å². The number of nitrogens with one attached hydrogen (secondary N) is 1. The SMILES string of the molecule is COc1ccc(OC)c(S(=O)(=O)NC2CC2N)c1. The van der Waals surface area contributed by atoms with Crippen LogP contribution >= 0.6 is 0 Å². The number of rotatable bonds is 5. The largest absolute Gasteiger partial charge is 0.497 e. The Hall–Kier alpha value is -1.31. The van der Waals surface area contributed by atoms with Crippen LogP contribution in [0.1, 0.15) is 6.42 Å². The van der Waals surface area contributed by atoms with Gasteiger partial charge in [0.25, 0.3) is 0 Å². The summed E-state index contributed by atoms with van der Waals surface area (Å²) in [5.41, 5.74) is 5.60. The van der Waals surface area contributed by atoms with Gasteiger partial charge in [-0.15, -0.1) is 0 Å². The fourth-order valence-electron chi connectivity index (χ4n) is 1.61. The van der Waals surface area contributed by atoms with Gasteiger partial charge in [0.15, 0.2) is 0 Å². The highest BCUT2D eigenvalue weighted by atomic mass is 32.2. The van der Waals surface area contributed by atoms with Crippen LogP contribution in [-0.2, 0) is 10.0 Å².